The van der Waals surface area contributed by atoms with Gasteiger partial charge in [0.05, 0.1) is 5.92 Å². The molecule has 4 N–H and O–H groups in total. The molecule has 0 heterocycles. The van der Waals surface area contributed by atoms with Crippen LogP contribution in [0.15, 0.2) is 0 Å². The van der Waals surface area contributed by atoms with E-state index < -0.39 is 17.8 Å². The lowest BCUT2D eigenvalue weighted by Gasteiger charge is -2.29. The van der Waals surface area contributed by atoms with Crippen LogP contribution in [-0.2, 0) is 9.59 Å². The summed E-state index contributed by atoms with van der Waals surface area (Å²) >= 11 is 0. The Morgan fingerprint density at radius 2 is 2.05 bits per heavy atom. The van der Waals surface area contributed by atoms with E-state index in [4.69, 9.17) is 10.8 Å². The Balaban J connectivity index is 2.50. The number of nitrogens with two attached hydrogens (primary N) is 1. The average Bonchev–Trinajstić information content (AvgIpc) is 2.35. The number of hydrogen-bond donors (Lipinski definition) is 3. The Morgan fingerprint density at radius 1 is 1.37 bits per heavy atom. The number of carboxylic acids is 1. The molecule has 0 spiro atoms. The summed E-state index contributed by atoms with van der Waals surface area (Å²) in [6.07, 6.45) is 2.64. The molecule has 108 valence electrons. The molecular weight excluding hydrogens is 250 g/mol. The number of likely N-dealkylation sites (N-methyl/N-ethyl adjacent to an activating group) is 1. The first-order valence-corrected chi connectivity index (χ1v) is 6.50. The van der Waals surface area contributed by atoms with Gasteiger partial charge in [0.15, 0.2) is 0 Å². The highest BCUT2D eigenvalue weighted by Gasteiger charge is 2.28. The Kier molecular flexibility index (Phi) is 5.59. The van der Waals surface area contributed by atoms with E-state index in [1.807, 2.05) is 0 Å². The first-order valence-electron chi connectivity index (χ1n) is 6.50. The molecule has 2 unspecified atom stereocenters. The fourth-order valence-electron chi connectivity index (χ4n) is 2.33. The van der Waals surface area contributed by atoms with E-state index in [1.165, 1.54) is 4.90 Å². The zero-order valence-electron chi connectivity index (χ0n) is 11.1. The quantitative estimate of drug-likeness (QED) is 0.660. The van der Waals surface area contributed by atoms with Gasteiger partial charge in [-0.15, -0.1) is 0 Å². The largest absolute Gasteiger partial charge is 0.481 e. The van der Waals surface area contributed by atoms with Gasteiger partial charge in [-0.3, -0.25) is 9.59 Å². The zero-order valence-corrected chi connectivity index (χ0v) is 11.1. The molecule has 1 aliphatic rings. The van der Waals surface area contributed by atoms with Crippen molar-refractivity contribution in [2.45, 2.75) is 38.6 Å². The third-order valence-corrected chi connectivity index (χ3v) is 3.37. The van der Waals surface area contributed by atoms with E-state index in [2.05, 4.69) is 5.32 Å². The van der Waals surface area contributed by atoms with E-state index in [9.17, 15) is 14.4 Å². The molecule has 0 aliphatic heterocycles. The van der Waals surface area contributed by atoms with Crippen molar-refractivity contribution >= 4 is 17.9 Å². The number of hydrogen-bond acceptors (Lipinski definition) is 3. The van der Waals surface area contributed by atoms with Crippen LogP contribution >= 0.6 is 0 Å². The van der Waals surface area contributed by atoms with E-state index >= 15 is 0 Å². The molecule has 7 heteroatoms. The fraction of sp³-hybridized carbons (Fsp3) is 0.750. The number of nitrogens with one attached hydrogen (secondary N) is 1. The molecule has 1 rings (SSSR count). The second-order valence-corrected chi connectivity index (χ2v) is 4.83. The fourth-order valence-corrected chi connectivity index (χ4v) is 2.33. The van der Waals surface area contributed by atoms with E-state index in [-0.39, 0.29) is 18.6 Å². The Morgan fingerprint density at radius 3 is 2.58 bits per heavy atom. The van der Waals surface area contributed by atoms with Crippen LogP contribution in [0.4, 0.5) is 4.79 Å². The highest BCUT2D eigenvalue weighted by atomic mass is 16.4. The number of rotatable bonds is 5. The maximum atomic E-state index is 11.9. The van der Waals surface area contributed by atoms with E-state index in [0.29, 0.717) is 19.4 Å². The Hall–Kier alpha value is -1.79. The Labute approximate surface area is 112 Å². The molecule has 3 amide bonds. The summed E-state index contributed by atoms with van der Waals surface area (Å²) in [5, 5.41) is 11.8. The van der Waals surface area contributed by atoms with Crippen LogP contribution in [0, 0.1) is 5.92 Å². The second kappa shape index (κ2) is 6.96. The van der Waals surface area contributed by atoms with Crippen molar-refractivity contribution < 1.29 is 19.5 Å². The molecular formula is C12H21N3O4. The standard InChI is InChI=1S/C12H21N3O4/c1-2-15(7-10(13)16)12(19)14-9-5-3-4-8(6-9)11(17)18/h8-9H,2-7H2,1H3,(H2,13,16)(H,14,19)(H,17,18). The molecule has 1 aliphatic carbocycles. The van der Waals surface area contributed by atoms with E-state index in [1.54, 1.807) is 6.92 Å². The van der Waals surface area contributed by atoms with Crippen LogP contribution in [-0.4, -0.2) is 47.0 Å². The minimum absolute atomic E-state index is 0.128. The molecule has 0 saturated heterocycles. The van der Waals surface area contributed by atoms with Crippen molar-refractivity contribution in [3.8, 4) is 0 Å². The van der Waals surface area contributed by atoms with Crippen molar-refractivity contribution in [1.29, 1.82) is 0 Å². The molecule has 1 saturated carbocycles. The van der Waals surface area contributed by atoms with Gasteiger partial charge in [-0.25, -0.2) is 4.79 Å². The predicted molar refractivity (Wildman–Crippen MR) is 68.4 cm³/mol. The third-order valence-electron chi connectivity index (χ3n) is 3.37. The molecule has 0 aromatic heterocycles. The van der Waals surface area contributed by atoms with Gasteiger partial charge in [0.2, 0.25) is 5.91 Å². The molecule has 7 nitrogen and oxygen atoms in total. The maximum Gasteiger partial charge on any atom is 0.318 e. The summed E-state index contributed by atoms with van der Waals surface area (Å²) < 4.78 is 0. The number of carbonyl (C=O) groups is 3. The number of carboxylic acid groups (broad SMARTS) is 1. The molecule has 2 atom stereocenters. The first-order chi connectivity index (χ1) is 8.93. The van der Waals surface area contributed by atoms with Crippen LogP contribution in [0.5, 0.6) is 0 Å². The van der Waals surface area contributed by atoms with Gasteiger partial charge in [0.1, 0.15) is 6.54 Å². The first kappa shape index (κ1) is 15.3. The van der Waals surface area contributed by atoms with Crippen LogP contribution < -0.4 is 11.1 Å². The molecule has 0 bridgehead atoms. The number of carbonyl (C=O) groups excluding carboxylic acids is 2. The SMILES string of the molecule is CCN(CC(N)=O)C(=O)NC1CCCC(C(=O)O)C1. The van der Waals surface area contributed by atoms with Crippen molar-refractivity contribution in [3.05, 3.63) is 0 Å². The summed E-state index contributed by atoms with van der Waals surface area (Å²) in [5.74, 6) is -1.78. The Bertz CT molecular complexity index is 359. The van der Waals surface area contributed by atoms with Crippen molar-refractivity contribution in [2.75, 3.05) is 13.1 Å². The number of amides is 3. The van der Waals surface area contributed by atoms with E-state index in [0.717, 1.165) is 12.8 Å². The maximum absolute atomic E-state index is 11.9. The van der Waals surface area contributed by atoms with Gasteiger partial charge >= 0.3 is 12.0 Å². The molecule has 1 fully saturated rings. The monoisotopic (exact) mass is 271 g/mol. The van der Waals surface area contributed by atoms with Crippen LogP contribution in [0.3, 0.4) is 0 Å². The molecule has 0 aromatic carbocycles. The lowest BCUT2D eigenvalue weighted by atomic mass is 9.86. The van der Waals surface area contributed by atoms with Crippen molar-refractivity contribution in [1.82, 2.24) is 10.2 Å². The number of urea groups is 1. The van der Waals surface area contributed by atoms with Crippen molar-refractivity contribution in [3.63, 3.8) is 0 Å². The van der Waals surface area contributed by atoms with Gasteiger partial charge in [0.25, 0.3) is 0 Å². The topological polar surface area (TPSA) is 113 Å². The molecule has 0 radical (unpaired) electrons. The van der Waals surface area contributed by atoms with Gasteiger partial charge in [-0.1, -0.05) is 6.42 Å². The second-order valence-electron chi connectivity index (χ2n) is 4.83. The normalized spacial score (nSPS) is 22.6. The zero-order chi connectivity index (χ0) is 14.4. The van der Waals surface area contributed by atoms with Crippen molar-refractivity contribution in [2.24, 2.45) is 11.7 Å². The van der Waals surface area contributed by atoms with Crippen LogP contribution in [0.1, 0.15) is 32.6 Å². The summed E-state index contributed by atoms with van der Waals surface area (Å²) in [6.45, 7) is 2.00. The summed E-state index contributed by atoms with van der Waals surface area (Å²) in [6, 6.07) is -0.512. The summed E-state index contributed by atoms with van der Waals surface area (Å²) in [4.78, 5) is 35.0. The summed E-state index contributed by atoms with van der Waals surface area (Å²) in [5.41, 5.74) is 5.06. The van der Waals surface area contributed by atoms with Gasteiger partial charge in [-0.2, -0.15) is 0 Å². The summed E-state index contributed by atoms with van der Waals surface area (Å²) in [7, 11) is 0. The van der Waals surface area contributed by atoms with Gasteiger partial charge < -0.3 is 21.1 Å². The number of nitrogens with zero attached hydrogens (tertiary/aromatic N) is 1. The molecule has 19 heavy (non-hydrogen) atoms. The highest BCUT2D eigenvalue weighted by Crippen LogP contribution is 2.24. The van der Waals surface area contributed by atoms with Gasteiger partial charge in [0, 0.05) is 12.6 Å². The predicted octanol–water partition coefficient (Wildman–Crippen LogP) is 0.147. The lowest BCUT2D eigenvalue weighted by Crippen LogP contribution is -2.49. The smallest absolute Gasteiger partial charge is 0.318 e. The third kappa shape index (κ3) is 4.76. The average molecular weight is 271 g/mol. The van der Waals surface area contributed by atoms with Crippen LogP contribution in [0.2, 0.25) is 0 Å². The molecule has 0 aromatic rings. The van der Waals surface area contributed by atoms with Gasteiger partial charge in [-0.05, 0) is 26.2 Å². The highest BCUT2D eigenvalue weighted by molar-refractivity contribution is 5.83. The minimum atomic E-state index is -0.816. The number of primary amides is 1. The van der Waals surface area contributed by atoms with Crippen LogP contribution in [0.25, 0.3) is 0 Å². The lowest BCUT2D eigenvalue weighted by molar-refractivity contribution is -0.143. The number of aliphatic carboxylic acids is 1. The minimum Gasteiger partial charge on any atom is -0.481 e.